The lowest BCUT2D eigenvalue weighted by molar-refractivity contribution is -0.384. The van der Waals surface area contributed by atoms with Gasteiger partial charge in [-0.2, -0.15) is 0 Å². The molecule has 2 rings (SSSR count). The Labute approximate surface area is 138 Å². The van der Waals surface area contributed by atoms with E-state index in [9.17, 15) is 14.9 Å². The van der Waals surface area contributed by atoms with Crippen LogP contribution in [0.5, 0.6) is 5.75 Å². The number of anilines is 2. The van der Waals surface area contributed by atoms with E-state index in [2.05, 4.69) is 15.0 Å². The first-order valence-corrected chi connectivity index (χ1v) is 7.27. The summed E-state index contributed by atoms with van der Waals surface area (Å²) in [6, 6.07) is 8.14. The highest BCUT2D eigenvalue weighted by Gasteiger charge is 2.19. The lowest BCUT2D eigenvalue weighted by Gasteiger charge is -2.09. The number of esters is 1. The van der Waals surface area contributed by atoms with Crippen LogP contribution in [0.15, 0.2) is 36.5 Å². The molecule has 0 unspecified atom stereocenters. The number of carbonyl (C=O) groups is 1. The highest BCUT2D eigenvalue weighted by Crippen LogP contribution is 2.28. The summed E-state index contributed by atoms with van der Waals surface area (Å²) in [7, 11) is 1.20. The van der Waals surface area contributed by atoms with Gasteiger partial charge in [0.15, 0.2) is 0 Å². The summed E-state index contributed by atoms with van der Waals surface area (Å²) in [5.41, 5.74) is 0.276. The second-order valence-corrected chi connectivity index (χ2v) is 4.84. The largest absolute Gasteiger partial charge is 0.494 e. The van der Waals surface area contributed by atoms with Gasteiger partial charge in [0, 0.05) is 24.0 Å². The molecule has 0 saturated heterocycles. The Morgan fingerprint density at radius 1 is 1.38 bits per heavy atom. The maximum Gasteiger partial charge on any atom is 0.339 e. The minimum Gasteiger partial charge on any atom is -0.494 e. The summed E-state index contributed by atoms with van der Waals surface area (Å²) in [6.45, 7) is 2.58. The zero-order valence-electron chi connectivity index (χ0n) is 13.3. The summed E-state index contributed by atoms with van der Waals surface area (Å²) in [6.07, 6.45) is 2.10. The molecule has 0 saturated carbocycles. The second-order valence-electron chi connectivity index (χ2n) is 4.84. The van der Waals surface area contributed by atoms with Crippen molar-refractivity contribution >= 4 is 23.2 Å². The van der Waals surface area contributed by atoms with Gasteiger partial charge in [0.1, 0.15) is 5.75 Å². The van der Waals surface area contributed by atoms with Crippen molar-refractivity contribution in [2.75, 3.05) is 19.0 Å². The summed E-state index contributed by atoms with van der Waals surface area (Å²) in [4.78, 5) is 26.1. The molecule has 24 heavy (non-hydrogen) atoms. The number of pyridine rings is 1. The van der Waals surface area contributed by atoms with Crippen LogP contribution >= 0.6 is 0 Å². The maximum atomic E-state index is 11.5. The molecule has 8 nitrogen and oxygen atoms in total. The molecule has 126 valence electrons. The third-order valence-electron chi connectivity index (χ3n) is 3.05. The Morgan fingerprint density at radius 2 is 2.17 bits per heavy atom. The van der Waals surface area contributed by atoms with Gasteiger partial charge in [-0.05, 0) is 18.6 Å². The Hall–Kier alpha value is -3.16. The fourth-order valence-corrected chi connectivity index (χ4v) is 1.94. The van der Waals surface area contributed by atoms with Crippen LogP contribution in [0.4, 0.5) is 17.2 Å². The smallest absolute Gasteiger partial charge is 0.339 e. The number of hydrogen-bond donors (Lipinski definition) is 1. The molecule has 1 aromatic carbocycles. The normalized spacial score (nSPS) is 10.1. The molecule has 0 aliphatic carbocycles. The molecular weight excluding hydrogens is 314 g/mol. The lowest BCUT2D eigenvalue weighted by Crippen LogP contribution is -2.06. The average Bonchev–Trinajstić information content (AvgIpc) is 2.59. The van der Waals surface area contributed by atoms with Gasteiger partial charge < -0.3 is 14.8 Å². The number of hydrogen-bond acceptors (Lipinski definition) is 7. The van der Waals surface area contributed by atoms with E-state index in [0.717, 1.165) is 12.5 Å². The summed E-state index contributed by atoms with van der Waals surface area (Å²) >= 11 is 0. The Kier molecular flexibility index (Phi) is 5.67. The third-order valence-corrected chi connectivity index (χ3v) is 3.05. The monoisotopic (exact) mass is 331 g/mol. The van der Waals surface area contributed by atoms with E-state index in [1.807, 2.05) is 6.92 Å². The van der Waals surface area contributed by atoms with Crippen LogP contribution in [0.2, 0.25) is 0 Å². The first-order chi connectivity index (χ1) is 11.5. The highest BCUT2D eigenvalue weighted by molar-refractivity contribution is 5.90. The fourth-order valence-electron chi connectivity index (χ4n) is 1.94. The number of rotatable bonds is 7. The van der Waals surface area contributed by atoms with Gasteiger partial charge in [-0.1, -0.05) is 13.0 Å². The van der Waals surface area contributed by atoms with Crippen LogP contribution in [-0.2, 0) is 4.74 Å². The minimum absolute atomic E-state index is 0.00906. The van der Waals surface area contributed by atoms with Gasteiger partial charge in [-0.3, -0.25) is 10.1 Å². The van der Waals surface area contributed by atoms with Crippen molar-refractivity contribution in [2.45, 2.75) is 13.3 Å². The number of methoxy groups -OCH3 is 1. The molecule has 2 aromatic rings. The number of nitrogens with one attached hydrogen (secondary N) is 1. The van der Waals surface area contributed by atoms with Crippen molar-refractivity contribution in [3.63, 3.8) is 0 Å². The molecule has 0 aliphatic rings. The highest BCUT2D eigenvalue weighted by atomic mass is 16.6. The predicted octanol–water partition coefficient (Wildman–Crippen LogP) is 3.31. The number of carbonyl (C=O) groups excluding carboxylic acids is 1. The van der Waals surface area contributed by atoms with Crippen LogP contribution in [0.25, 0.3) is 0 Å². The summed E-state index contributed by atoms with van der Waals surface area (Å²) < 4.78 is 10.1. The zero-order chi connectivity index (χ0) is 17.5. The second kappa shape index (κ2) is 7.91. The van der Waals surface area contributed by atoms with E-state index in [1.165, 1.54) is 13.3 Å². The molecule has 1 heterocycles. The first-order valence-electron chi connectivity index (χ1n) is 7.27. The zero-order valence-corrected chi connectivity index (χ0v) is 13.3. The van der Waals surface area contributed by atoms with Gasteiger partial charge >= 0.3 is 11.7 Å². The van der Waals surface area contributed by atoms with Crippen molar-refractivity contribution < 1.29 is 19.2 Å². The van der Waals surface area contributed by atoms with Crippen molar-refractivity contribution in [2.24, 2.45) is 0 Å². The SMILES string of the molecule is CCCOc1cccc(Nc2ncc(C(=O)OC)cc2[N+](=O)[O-])c1. The number of aromatic nitrogens is 1. The molecule has 0 aliphatic heterocycles. The van der Waals surface area contributed by atoms with Gasteiger partial charge in [-0.25, -0.2) is 9.78 Å². The van der Waals surface area contributed by atoms with Crippen LogP contribution in [0, 0.1) is 10.1 Å². The van der Waals surface area contributed by atoms with Crippen molar-refractivity contribution in [1.29, 1.82) is 0 Å². The maximum absolute atomic E-state index is 11.5. The molecule has 1 aromatic heterocycles. The molecular formula is C16H17N3O5. The molecule has 0 bridgehead atoms. The van der Waals surface area contributed by atoms with E-state index in [-0.39, 0.29) is 17.1 Å². The van der Waals surface area contributed by atoms with Crippen LogP contribution in [-0.4, -0.2) is 29.6 Å². The quantitative estimate of drug-likeness (QED) is 0.471. The van der Waals surface area contributed by atoms with Gasteiger partial charge in [-0.15, -0.1) is 0 Å². The molecule has 0 radical (unpaired) electrons. The number of benzene rings is 1. The van der Waals surface area contributed by atoms with E-state index in [4.69, 9.17) is 4.74 Å². The third kappa shape index (κ3) is 4.19. The van der Waals surface area contributed by atoms with Crippen molar-refractivity contribution in [1.82, 2.24) is 4.98 Å². The average molecular weight is 331 g/mol. The van der Waals surface area contributed by atoms with E-state index in [0.29, 0.717) is 18.0 Å². The Morgan fingerprint density at radius 3 is 2.83 bits per heavy atom. The number of nitro groups is 1. The van der Waals surface area contributed by atoms with Crippen LogP contribution in [0.3, 0.4) is 0 Å². The molecule has 0 spiro atoms. The lowest BCUT2D eigenvalue weighted by atomic mass is 10.2. The molecule has 1 N–H and O–H groups in total. The fraction of sp³-hybridized carbons (Fsp3) is 0.250. The van der Waals surface area contributed by atoms with Crippen molar-refractivity contribution in [3.8, 4) is 5.75 Å². The minimum atomic E-state index is -0.688. The van der Waals surface area contributed by atoms with E-state index in [1.54, 1.807) is 24.3 Å². The molecule has 0 fully saturated rings. The first kappa shape index (κ1) is 17.2. The predicted molar refractivity (Wildman–Crippen MR) is 87.7 cm³/mol. The van der Waals surface area contributed by atoms with E-state index < -0.39 is 10.9 Å². The van der Waals surface area contributed by atoms with Crippen LogP contribution in [0.1, 0.15) is 23.7 Å². The molecule has 8 heteroatoms. The van der Waals surface area contributed by atoms with Gasteiger partial charge in [0.25, 0.3) is 0 Å². The molecule has 0 atom stereocenters. The Balaban J connectivity index is 2.29. The summed E-state index contributed by atoms with van der Waals surface area (Å²) in [5.74, 6) is -0.0110. The standard InChI is InChI=1S/C16H17N3O5/c1-3-7-24-13-6-4-5-12(9-13)18-15-14(19(21)22)8-11(10-17-15)16(20)23-2/h4-6,8-10H,3,7H2,1-2H3,(H,17,18). The number of ether oxygens (including phenoxy) is 2. The summed E-state index contributed by atoms with van der Waals surface area (Å²) in [5, 5.41) is 14.1. The van der Waals surface area contributed by atoms with Crippen LogP contribution < -0.4 is 10.1 Å². The van der Waals surface area contributed by atoms with Gasteiger partial charge in [0.2, 0.25) is 5.82 Å². The topological polar surface area (TPSA) is 104 Å². The van der Waals surface area contributed by atoms with Gasteiger partial charge in [0.05, 0.1) is 24.2 Å². The molecule has 0 amide bonds. The van der Waals surface area contributed by atoms with Crippen molar-refractivity contribution in [3.05, 3.63) is 52.2 Å². The Bertz CT molecular complexity index is 748. The van der Waals surface area contributed by atoms with E-state index >= 15 is 0 Å². The number of nitrogens with zero attached hydrogens (tertiary/aromatic N) is 2.